The average molecular weight is 375 g/mol. The molecule has 0 heterocycles. The largest absolute Gasteiger partial charge is 0.489 e. The van der Waals surface area contributed by atoms with Gasteiger partial charge in [0.15, 0.2) is 0 Å². The van der Waals surface area contributed by atoms with Crippen LogP contribution in [0.15, 0.2) is 48.0 Å². The molecule has 26 heavy (non-hydrogen) atoms. The lowest BCUT2D eigenvalue weighted by molar-refractivity contribution is -0.136. The fourth-order valence-electron chi connectivity index (χ4n) is 3.20. The summed E-state index contributed by atoms with van der Waals surface area (Å²) in [5, 5.41) is 9.41. The van der Waals surface area contributed by atoms with Crippen LogP contribution in [0.4, 0.5) is 4.39 Å². The third kappa shape index (κ3) is 4.64. The van der Waals surface area contributed by atoms with Crippen molar-refractivity contribution < 1.29 is 19.0 Å². The van der Waals surface area contributed by atoms with Crippen molar-refractivity contribution in [2.45, 2.75) is 32.1 Å². The van der Waals surface area contributed by atoms with E-state index in [2.05, 4.69) is 0 Å². The summed E-state index contributed by atoms with van der Waals surface area (Å²) in [6, 6.07) is 12.4. The molecule has 0 unspecified atom stereocenters. The van der Waals surface area contributed by atoms with Gasteiger partial charge in [0.25, 0.3) is 0 Å². The zero-order valence-corrected chi connectivity index (χ0v) is 15.1. The number of hydrogen-bond donors (Lipinski definition) is 1. The van der Waals surface area contributed by atoms with Gasteiger partial charge in [-0.2, -0.15) is 0 Å². The van der Waals surface area contributed by atoms with Crippen molar-refractivity contribution in [3.8, 4) is 5.75 Å². The highest BCUT2D eigenvalue weighted by molar-refractivity contribution is 6.30. The van der Waals surface area contributed by atoms with E-state index in [0.29, 0.717) is 22.9 Å². The van der Waals surface area contributed by atoms with Gasteiger partial charge in [0.1, 0.15) is 18.2 Å². The van der Waals surface area contributed by atoms with Crippen LogP contribution in [0, 0.1) is 5.82 Å². The summed E-state index contributed by atoms with van der Waals surface area (Å²) in [7, 11) is 0. The average Bonchev–Trinajstić information content (AvgIpc) is 3.08. The van der Waals surface area contributed by atoms with E-state index in [0.717, 1.165) is 24.8 Å². The van der Waals surface area contributed by atoms with E-state index in [1.54, 1.807) is 12.1 Å². The smallest absolute Gasteiger partial charge is 0.303 e. The van der Waals surface area contributed by atoms with Crippen LogP contribution in [0.2, 0.25) is 5.02 Å². The minimum atomic E-state index is -0.937. The molecule has 0 spiro atoms. The van der Waals surface area contributed by atoms with Crippen LogP contribution in [-0.2, 0) is 11.2 Å². The van der Waals surface area contributed by atoms with Crippen LogP contribution >= 0.6 is 11.6 Å². The second kappa shape index (κ2) is 8.37. The van der Waals surface area contributed by atoms with Gasteiger partial charge < -0.3 is 9.84 Å². The van der Waals surface area contributed by atoms with Gasteiger partial charge in [0, 0.05) is 17.5 Å². The highest BCUT2D eigenvalue weighted by Gasteiger charge is 2.17. The fourth-order valence-corrected chi connectivity index (χ4v) is 3.32. The van der Waals surface area contributed by atoms with E-state index >= 15 is 0 Å². The Kier molecular flexibility index (Phi) is 5.94. The number of carbonyl (C=O) groups is 1. The molecule has 5 heteroatoms. The summed E-state index contributed by atoms with van der Waals surface area (Å²) >= 11 is 5.95. The quantitative estimate of drug-likeness (QED) is 0.694. The summed E-state index contributed by atoms with van der Waals surface area (Å²) in [4.78, 5) is 10.6. The van der Waals surface area contributed by atoms with Crippen molar-refractivity contribution in [1.29, 1.82) is 0 Å². The molecule has 0 aliphatic heterocycles. The van der Waals surface area contributed by atoms with Crippen LogP contribution in [0.3, 0.4) is 0 Å². The predicted octanol–water partition coefficient (Wildman–Crippen LogP) is 5.51. The lowest BCUT2D eigenvalue weighted by Gasteiger charge is -2.11. The number of carboxylic acid groups (broad SMARTS) is 1. The van der Waals surface area contributed by atoms with Gasteiger partial charge in [-0.25, -0.2) is 4.39 Å². The van der Waals surface area contributed by atoms with Gasteiger partial charge in [-0.15, -0.1) is 0 Å². The van der Waals surface area contributed by atoms with Gasteiger partial charge in [-0.05, 0) is 66.2 Å². The second-order valence-corrected chi connectivity index (χ2v) is 6.81. The van der Waals surface area contributed by atoms with Crippen LogP contribution < -0.4 is 4.74 Å². The number of carboxylic acids is 1. The molecule has 0 saturated heterocycles. The fraction of sp³-hybridized carbons (Fsp3) is 0.286. The molecule has 1 N–H and O–H groups in total. The van der Waals surface area contributed by atoms with Gasteiger partial charge in [0.2, 0.25) is 0 Å². The van der Waals surface area contributed by atoms with Crippen molar-refractivity contribution in [2.75, 3.05) is 6.61 Å². The molecule has 0 amide bonds. The van der Waals surface area contributed by atoms with E-state index in [1.807, 2.05) is 24.3 Å². The molecule has 0 radical (unpaired) electrons. The van der Waals surface area contributed by atoms with E-state index in [4.69, 9.17) is 21.4 Å². The number of halogens is 2. The molecule has 0 fully saturated rings. The first-order chi connectivity index (χ1) is 12.5. The Balaban J connectivity index is 1.67. The Labute approximate surface area is 157 Å². The van der Waals surface area contributed by atoms with Gasteiger partial charge in [-0.1, -0.05) is 29.8 Å². The number of benzene rings is 2. The van der Waals surface area contributed by atoms with E-state index in [1.165, 1.54) is 17.2 Å². The van der Waals surface area contributed by atoms with Crippen LogP contribution in [-0.4, -0.2) is 17.7 Å². The lowest BCUT2D eigenvalue weighted by atomic mass is 10.0. The maximum atomic E-state index is 14.1. The van der Waals surface area contributed by atoms with Crippen molar-refractivity contribution >= 4 is 23.1 Å². The minimum Gasteiger partial charge on any atom is -0.489 e. The van der Waals surface area contributed by atoms with Gasteiger partial charge >= 0.3 is 5.97 Å². The molecule has 3 rings (SSSR count). The number of rotatable bonds is 7. The van der Waals surface area contributed by atoms with Crippen molar-refractivity contribution in [2.24, 2.45) is 0 Å². The Morgan fingerprint density at radius 3 is 2.62 bits per heavy atom. The Bertz CT molecular complexity index is 828. The van der Waals surface area contributed by atoms with Crippen molar-refractivity contribution in [1.82, 2.24) is 0 Å². The maximum Gasteiger partial charge on any atom is 0.303 e. The Morgan fingerprint density at radius 2 is 1.92 bits per heavy atom. The summed E-state index contributed by atoms with van der Waals surface area (Å²) < 4.78 is 19.9. The minimum absolute atomic E-state index is 0.0888. The molecule has 2 aromatic carbocycles. The van der Waals surface area contributed by atoms with Gasteiger partial charge in [-0.3, -0.25) is 4.79 Å². The number of allylic oxidation sites excluding steroid dienone is 1. The molecule has 0 atom stereocenters. The number of ether oxygens (including phenoxy) is 1. The standard InChI is InChI=1S/C21H20ClFO3/c22-17-8-4-14(5-9-17)19-3-1-2-16(19)13-26-18-10-6-15(20(23)12-18)7-11-21(24)25/h4-6,8-10,12H,1-3,7,11,13H2,(H,24,25). The Morgan fingerprint density at radius 1 is 1.15 bits per heavy atom. The Hall–Kier alpha value is -2.33. The van der Waals surface area contributed by atoms with E-state index < -0.39 is 11.8 Å². The molecule has 0 bridgehead atoms. The molecule has 1 aliphatic rings. The number of aliphatic carboxylic acids is 1. The molecule has 136 valence electrons. The van der Waals surface area contributed by atoms with Crippen molar-refractivity contribution in [3.63, 3.8) is 0 Å². The highest BCUT2D eigenvalue weighted by Crippen LogP contribution is 2.34. The summed E-state index contributed by atoms with van der Waals surface area (Å²) in [6.07, 6.45) is 3.14. The molecule has 2 aromatic rings. The van der Waals surface area contributed by atoms with Crippen LogP contribution in [0.25, 0.3) is 5.57 Å². The molecule has 3 nitrogen and oxygen atoms in total. The third-order valence-electron chi connectivity index (χ3n) is 4.57. The zero-order valence-electron chi connectivity index (χ0n) is 14.3. The summed E-state index contributed by atoms with van der Waals surface area (Å²) in [5.41, 5.74) is 4.05. The number of hydrogen-bond acceptors (Lipinski definition) is 2. The van der Waals surface area contributed by atoms with Gasteiger partial charge in [0.05, 0.1) is 0 Å². The van der Waals surface area contributed by atoms with Crippen molar-refractivity contribution in [3.05, 3.63) is 70.0 Å². The SMILES string of the molecule is O=C(O)CCc1ccc(OCC2=C(c3ccc(Cl)cc3)CCC2)cc1F. The highest BCUT2D eigenvalue weighted by atomic mass is 35.5. The summed E-state index contributed by atoms with van der Waals surface area (Å²) in [5.74, 6) is -0.911. The first kappa shape index (κ1) is 18.5. The van der Waals surface area contributed by atoms with Crippen LogP contribution in [0.1, 0.15) is 36.8 Å². The normalized spacial score (nSPS) is 13.9. The van der Waals surface area contributed by atoms with E-state index in [9.17, 15) is 9.18 Å². The first-order valence-electron chi connectivity index (χ1n) is 8.63. The molecule has 0 saturated carbocycles. The maximum absolute atomic E-state index is 14.1. The van der Waals surface area contributed by atoms with E-state index in [-0.39, 0.29) is 12.8 Å². The van der Waals surface area contributed by atoms with Crippen LogP contribution in [0.5, 0.6) is 5.75 Å². The zero-order chi connectivity index (χ0) is 18.5. The molecular weight excluding hydrogens is 355 g/mol. The molecular formula is C21H20ClFO3. The topological polar surface area (TPSA) is 46.5 Å². The molecule has 0 aromatic heterocycles. The number of aryl methyl sites for hydroxylation is 1. The molecule has 1 aliphatic carbocycles. The summed E-state index contributed by atoms with van der Waals surface area (Å²) in [6.45, 7) is 0.422. The first-order valence-corrected chi connectivity index (χ1v) is 9.00. The lowest BCUT2D eigenvalue weighted by Crippen LogP contribution is -2.03. The third-order valence-corrected chi connectivity index (χ3v) is 4.82. The predicted molar refractivity (Wildman–Crippen MR) is 100 cm³/mol. The monoisotopic (exact) mass is 374 g/mol. The second-order valence-electron chi connectivity index (χ2n) is 6.38.